The minimum absolute atomic E-state index is 0.257. The van der Waals surface area contributed by atoms with Crippen molar-refractivity contribution in [2.75, 3.05) is 27.3 Å². The van der Waals surface area contributed by atoms with Crippen LogP contribution in [0.2, 0.25) is 10.0 Å². The summed E-state index contributed by atoms with van der Waals surface area (Å²) in [5.74, 6) is 0.162. The van der Waals surface area contributed by atoms with Crippen molar-refractivity contribution in [3.8, 4) is 11.5 Å². The maximum absolute atomic E-state index is 11.6. The predicted octanol–water partition coefficient (Wildman–Crippen LogP) is 4.90. The largest absolute Gasteiger partial charge is 0.497 e. The van der Waals surface area contributed by atoms with Gasteiger partial charge in [-0.3, -0.25) is 9.69 Å². The molecule has 2 atom stereocenters. The lowest BCUT2D eigenvalue weighted by Gasteiger charge is -2.38. The zero-order valence-corrected chi connectivity index (χ0v) is 17.3. The van der Waals surface area contributed by atoms with Gasteiger partial charge < -0.3 is 14.6 Å². The Bertz CT molecular complexity index is 858. The standard InChI is InChI=1S/C21H23Cl2NO4/c1-27-15-6-8-17(19(11-15)28-2)20(16-7-5-14(22)10-18(16)23)24-9-3-4-13(12-24)21(25)26/h5-8,10-11,13,20H,3-4,9,12H2,1-2H3,(H,25,26). The highest BCUT2D eigenvalue weighted by molar-refractivity contribution is 6.35. The number of carboxylic acids is 1. The van der Waals surface area contributed by atoms with Crippen LogP contribution in [0.4, 0.5) is 0 Å². The molecule has 0 radical (unpaired) electrons. The van der Waals surface area contributed by atoms with E-state index in [-0.39, 0.29) is 6.04 Å². The number of hydrogen-bond acceptors (Lipinski definition) is 4. The highest BCUT2D eigenvalue weighted by Gasteiger charge is 2.33. The van der Waals surface area contributed by atoms with Gasteiger partial charge in [-0.1, -0.05) is 29.3 Å². The molecule has 1 saturated heterocycles. The maximum Gasteiger partial charge on any atom is 0.307 e. The highest BCUT2D eigenvalue weighted by Crippen LogP contribution is 2.41. The Morgan fingerprint density at radius 1 is 1.14 bits per heavy atom. The number of ether oxygens (including phenoxy) is 2. The number of carboxylic acid groups (broad SMARTS) is 1. The smallest absolute Gasteiger partial charge is 0.307 e. The summed E-state index contributed by atoms with van der Waals surface area (Å²) in [6.45, 7) is 1.21. The summed E-state index contributed by atoms with van der Waals surface area (Å²) in [4.78, 5) is 13.8. The second-order valence-electron chi connectivity index (χ2n) is 6.85. The van der Waals surface area contributed by atoms with E-state index in [1.165, 1.54) is 0 Å². The molecule has 0 spiro atoms. The van der Waals surface area contributed by atoms with Gasteiger partial charge in [-0.05, 0) is 49.2 Å². The lowest BCUT2D eigenvalue weighted by Crippen LogP contribution is -2.41. The van der Waals surface area contributed by atoms with Gasteiger partial charge in [0.05, 0.1) is 26.2 Å². The SMILES string of the molecule is COc1ccc(C(c2ccc(Cl)cc2Cl)N2CCCC(C(=O)O)C2)c(OC)c1. The molecule has 1 aliphatic heterocycles. The summed E-state index contributed by atoms with van der Waals surface area (Å²) in [5, 5.41) is 10.6. The third-order valence-electron chi connectivity index (χ3n) is 5.16. The van der Waals surface area contributed by atoms with Crippen molar-refractivity contribution in [3.63, 3.8) is 0 Å². The molecular weight excluding hydrogens is 401 g/mol. The van der Waals surface area contributed by atoms with Crippen LogP contribution >= 0.6 is 23.2 Å². The van der Waals surface area contributed by atoms with Gasteiger partial charge in [0.25, 0.3) is 0 Å². The summed E-state index contributed by atoms with van der Waals surface area (Å²) < 4.78 is 10.9. The zero-order chi connectivity index (χ0) is 20.3. The Labute approximate surface area is 174 Å². The van der Waals surface area contributed by atoms with Gasteiger partial charge in [0, 0.05) is 28.2 Å². The molecule has 1 aliphatic rings. The fraction of sp³-hybridized carbons (Fsp3) is 0.381. The van der Waals surface area contributed by atoms with E-state index >= 15 is 0 Å². The summed E-state index contributed by atoms with van der Waals surface area (Å²) in [6, 6.07) is 10.8. The number of rotatable bonds is 6. The molecule has 0 aliphatic carbocycles. The second-order valence-corrected chi connectivity index (χ2v) is 7.69. The van der Waals surface area contributed by atoms with Crippen LogP contribution in [0.15, 0.2) is 36.4 Å². The highest BCUT2D eigenvalue weighted by atomic mass is 35.5. The molecule has 3 rings (SSSR count). The fourth-order valence-corrected chi connectivity index (χ4v) is 4.28. The average Bonchev–Trinajstić information content (AvgIpc) is 2.70. The molecule has 2 aromatic carbocycles. The third kappa shape index (κ3) is 4.37. The molecule has 150 valence electrons. The fourth-order valence-electron chi connectivity index (χ4n) is 3.77. The van der Waals surface area contributed by atoms with Gasteiger partial charge in [0.2, 0.25) is 0 Å². The monoisotopic (exact) mass is 423 g/mol. The van der Waals surface area contributed by atoms with E-state index in [0.29, 0.717) is 34.5 Å². The Hall–Kier alpha value is -1.95. The van der Waals surface area contributed by atoms with Crippen LogP contribution in [-0.4, -0.2) is 43.3 Å². The molecule has 0 bridgehead atoms. The Morgan fingerprint density at radius 2 is 1.89 bits per heavy atom. The van der Waals surface area contributed by atoms with Crippen molar-refractivity contribution in [3.05, 3.63) is 57.6 Å². The van der Waals surface area contributed by atoms with Gasteiger partial charge in [0.15, 0.2) is 0 Å². The van der Waals surface area contributed by atoms with Crippen LogP contribution < -0.4 is 9.47 Å². The molecule has 7 heteroatoms. The van der Waals surface area contributed by atoms with Crippen molar-refractivity contribution >= 4 is 29.2 Å². The topological polar surface area (TPSA) is 59.0 Å². The predicted molar refractivity (Wildman–Crippen MR) is 110 cm³/mol. The van der Waals surface area contributed by atoms with Crippen LogP contribution in [0.25, 0.3) is 0 Å². The number of likely N-dealkylation sites (tertiary alicyclic amines) is 1. The number of carbonyl (C=O) groups is 1. The number of methoxy groups -OCH3 is 2. The third-order valence-corrected chi connectivity index (χ3v) is 5.72. The van der Waals surface area contributed by atoms with Gasteiger partial charge in [0.1, 0.15) is 11.5 Å². The summed E-state index contributed by atoms with van der Waals surface area (Å²) in [7, 11) is 3.21. The van der Waals surface area contributed by atoms with Crippen LogP contribution in [0.5, 0.6) is 11.5 Å². The molecule has 5 nitrogen and oxygen atoms in total. The van der Waals surface area contributed by atoms with E-state index in [9.17, 15) is 9.90 Å². The van der Waals surface area contributed by atoms with Gasteiger partial charge in [-0.25, -0.2) is 0 Å². The van der Waals surface area contributed by atoms with E-state index in [1.54, 1.807) is 26.4 Å². The van der Waals surface area contributed by atoms with Crippen LogP contribution in [0.1, 0.15) is 30.0 Å². The zero-order valence-electron chi connectivity index (χ0n) is 15.8. The van der Waals surface area contributed by atoms with Gasteiger partial charge in [-0.2, -0.15) is 0 Å². The quantitative estimate of drug-likeness (QED) is 0.715. The van der Waals surface area contributed by atoms with Crippen LogP contribution in [0, 0.1) is 5.92 Å². The molecule has 2 unspecified atom stereocenters. The number of halogens is 2. The van der Waals surface area contributed by atoms with E-state index < -0.39 is 11.9 Å². The lowest BCUT2D eigenvalue weighted by atomic mass is 9.91. The minimum atomic E-state index is -0.771. The average molecular weight is 424 g/mol. The van der Waals surface area contributed by atoms with Crippen molar-refractivity contribution in [2.45, 2.75) is 18.9 Å². The molecule has 1 fully saturated rings. The number of nitrogens with zero attached hydrogens (tertiary/aromatic N) is 1. The Balaban J connectivity index is 2.11. The first kappa shape index (κ1) is 20.8. The van der Waals surface area contributed by atoms with E-state index in [0.717, 1.165) is 24.1 Å². The molecule has 28 heavy (non-hydrogen) atoms. The second kappa shape index (κ2) is 9.03. The van der Waals surface area contributed by atoms with Gasteiger partial charge >= 0.3 is 5.97 Å². The minimum Gasteiger partial charge on any atom is -0.497 e. The lowest BCUT2D eigenvalue weighted by molar-refractivity contribution is -0.143. The number of piperidine rings is 1. The molecule has 2 aromatic rings. The molecule has 0 saturated carbocycles. The maximum atomic E-state index is 11.6. The Kier molecular flexibility index (Phi) is 6.70. The van der Waals surface area contributed by atoms with Crippen molar-refractivity contribution in [1.29, 1.82) is 0 Å². The summed E-state index contributed by atoms with van der Waals surface area (Å²) in [6.07, 6.45) is 1.48. The first-order valence-corrected chi connectivity index (χ1v) is 9.84. The molecule has 0 aromatic heterocycles. The van der Waals surface area contributed by atoms with E-state index in [4.69, 9.17) is 32.7 Å². The van der Waals surface area contributed by atoms with E-state index in [2.05, 4.69) is 4.90 Å². The number of aliphatic carboxylic acids is 1. The molecule has 1 N–H and O–H groups in total. The van der Waals surface area contributed by atoms with Gasteiger partial charge in [-0.15, -0.1) is 0 Å². The molecule has 0 amide bonds. The van der Waals surface area contributed by atoms with Crippen molar-refractivity contribution in [2.24, 2.45) is 5.92 Å². The number of hydrogen-bond donors (Lipinski definition) is 1. The first-order chi connectivity index (χ1) is 13.4. The number of benzene rings is 2. The normalized spacial score (nSPS) is 18.5. The van der Waals surface area contributed by atoms with Crippen molar-refractivity contribution < 1.29 is 19.4 Å². The molecular formula is C21H23Cl2NO4. The summed E-state index contributed by atoms with van der Waals surface area (Å²) >= 11 is 12.7. The van der Waals surface area contributed by atoms with Crippen LogP contribution in [0.3, 0.4) is 0 Å². The van der Waals surface area contributed by atoms with Crippen LogP contribution in [-0.2, 0) is 4.79 Å². The van der Waals surface area contributed by atoms with Crippen molar-refractivity contribution in [1.82, 2.24) is 4.90 Å². The summed E-state index contributed by atoms with van der Waals surface area (Å²) in [5.41, 5.74) is 1.76. The molecule has 1 heterocycles. The van der Waals surface area contributed by atoms with E-state index in [1.807, 2.05) is 24.3 Å². The Morgan fingerprint density at radius 3 is 2.54 bits per heavy atom. The first-order valence-electron chi connectivity index (χ1n) is 9.08.